The Labute approximate surface area is 129 Å². The molecule has 2 aliphatic heterocycles. The Hall–Kier alpha value is -2.14. The highest BCUT2D eigenvalue weighted by Gasteiger charge is 2.40. The number of carbonyl (C=O) groups excluding carboxylic acids is 1. The Balaban J connectivity index is 1.75. The molecule has 2 saturated heterocycles. The molecular formula is C17H19N3O2. The first-order chi connectivity index (χ1) is 10.7. The number of amides is 1. The first kappa shape index (κ1) is 13.5. The molecule has 0 spiro atoms. The molecule has 0 bridgehead atoms. The molecule has 2 atom stereocenters. The van der Waals surface area contributed by atoms with Crippen molar-refractivity contribution < 1.29 is 9.90 Å². The van der Waals surface area contributed by atoms with Crippen molar-refractivity contribution >= 4 is 22.6 Å². The first-order valence-corrected chi connectivity index (χ1v) is 7.70. The van der Waals surface area contributed by atoms with Crippen LogP contribution in [0.4, 0.5) is 5.82 Å². The predicted octanol–water partition coefficient (Wildman–Crippen LogP) is 1.36. The summed E-state index contributed by atoms with van der Waals surface area (Å²) in [7, 11) is 0. The third-order valence-corrected chi connectivity index (χ3v) is 4.81. The van der Waals surface area contributed by atoms with E-state index in [1.807, 2.05) is 18.2 Å². The molecule has 4 rings (SSSR count). The van der Waals surface area contributed by atoms with Crippen LogP contribution >= 0.6 is 0 Å². The van der Waals surface area contributed by atoms with Gasteiger partial charge in [0.05, 0.1) is 18.2 Å². The molecule has 22 heavy (non-hydrogen) atoms. The van der Waals surface area contributed by atoms with Gasteiger partial charge in [0.1, 0.15) is 5.82 Å². The monoisotopic (exact) mass is 297 g/mol. The van der Waals surface area contributed by atoms with Crippen LogP contribution in [0.2, 0.25) is 0 Å². The summed E-state index contributed by atoms with van der Waals surface area (Å²) in [5.41, 5.74) is 2.97. The van der Waals surface area contributed by atoms with Gasteiger partial charge in [0, 0.05) is 36.4 Å². The number of carbonyl (C=O) groups is 1. The molecule has 1 amide bonds. The number of nitrogens with one attached hydrogen (secondary N) is 1. The molecule has 5 heteroatoms. The summed E-state index contributed by atoms with van der Waals surface area (Å²) >= 11 is 0. The minimum absolute atomic E-state index is 0.0234. The third-order valence-electron chi connectivity index (χ3n) is 4.81. The van der Waals surface area contributed by atoms with E-state index in [0.717, 1.165) is 40.9 Å². The van der Waals surface area contributed by atoms with Crippen LogP contribution in [0, 0.1) is 12.8 Å². The van der Waals surface area contributed by atoms with Crippen LogP contribution in [-0.4, -0.2) is 35.1 Å². The lowest BCUT2D eigenvalue weighted by Crippen LogP contribution is -2.33. The molecule has 0 aliphatic carbocycles. The molecule has 0 unspecified atom stereocenters. The zero-order valence-electron chi connectivity index (χ0n) is 12.5. The van der Waals surface area contributed by atoms with Crippen LogP contribution < -0.4 is 10.2 Å². The van der Waals surface area contributed by atoms with Crippen molar-refractivity contribution in [3.63, 3.8) is 0 Å². The van der Waals surface area contributed by atoms with E-state index < -0.39 is 0 Å². The largest absolute Gasteiger partial charge is 0.392 e. The van der Waals surface area contributed by atoms with Crippen LogP contribution in [0.15, 0.2) is 24.3 Å². The Morgan fingerprint density at radius 3 is 3.05 bits per heavy atom. The molecule has 0 radical (unpaired) electrons. The second-order valence-corrected chi connectivity index (χ2v) is 6.32. The van der Waals surface area contributed by atoms with Crippen molar-refractivity contribution in [3.05, 3.63) is 35.4 Å². The third kappa shape index (κ3) is 2.04. The SMILES string of the molecule is Cc1cccc2cc(CO)c(N3C[C@@H]4CC(=O)N[C@@H]4C3)nc12. The van der Waals surface area contributed by atoms with E-state index in [-0.39, 0.29) is 18.6 Å². The number of aliphatic hydroxyl groups excluding tert-OH is 1. The highest BCUT2D eigenvalue weighted by atomic mass is 16.3. The maximum absolute atomic E-state index is 11.5. The summed E-state index contributed by atoms with van der Waals surface area (Å²) in [6, 6.07) is 8.33. The number of aromatic nitrogens is 1. The van der Waals surface area contributed by atoms with Crippen molar-refractivity contribution in [3.8, 4) is 0 Å². The lowest BCUT2D eigenvalue weighted by atomic mass is 10.1. The predicted molar refractivity (Wildman–Crippen MR) is 84.7 cm³/mol. The van der Waals surface area contributed by atoms with E-state index in [1.165, 1.54) is 0 Å². The summed E-state index contributed by atoms with van der Waals surface area (Å²) in [5.74, 6) is 1.36. The van der Waals surface area contributed by atoms with E-state index in [2.05, 4.69) is 23.2 Å². The zero-order valence-corrected chi connectivity index (χ0v) is 12.5. The Morgan fingerprint density at radius 1 is 1.41 bits per heavy atom. The molecular weight excluding hydrogens is 278 g/mol. The van der Waals surface area contributed by atoms with Crippen molar-refractivity contribution in [1.29, 1.82) is 0 Å². The fourth-order valence-electron chi connectivity index (χ4n) is 3.69. The number of rotatable bonds is 2. The minimum atomic E-state index is -0.0234. The number of aliphatic hydroxyl groups is 1. The molecule has 1 aromatic carbocycles. The van der Waals surface area contributed by atoms with E-state index in [9.17, 15) is 9.90 Å². The minimum Gasteiger partial charge on any atom is -0.392 e. The summed E-state index contributed by atoms with van der Waals surface area (Å²) < 4.78 is 0. The first-order valence-electron chi connectivity index (χ1n) is 7.70. The topological polar surface area (TPSA) is 65.5 Å². The van der Waals surface area contributed by atoms with Crippen molar-refractivity contribution in [2.24, 2.45) is 5.92 Å². The lowest BCUT2D eigenvalue weighted by Gasteiger charge is -2.22. The van der Waals surface area contributed by atoms with Gasteiger partial charge in [-0.25, -0.2) is 4.98 Å². The van der Waals surface area contributed by atoms with Crippen molar-refractivity contribution in [1.82, 2.24) is 10.3 Å². The Kier molecular flexibility index (Phi) is 3.04. The maximum Gasteiger partial charge on any atom is 0.220 e. The molecule has 1 aromatic heterocycles. The highest BCUT2D eigenvalue weighted by molar-refractivity contribution is 5.85. The van der Waals surface area contributed by atoms with Gasteiger partial charge in [-0.1, -0.05) is 18.2 Å². The zero-order chi connectivity index (χ0) is 15.3. The van der Waals surface area contributed by atoms with Crippen LogP contribution in [0.5, 0.6) is 0 Å². The number of anilines is 1. The van der Waals surface area contributed by atoms with E-state index in [0.29, 0.717) is 12.3 Å². The fraction of sp³-hybridized carbons (Fsp3) is 0.412. The molecule has 114 valence electrons. The van der Waals surface area contributed by atoms with Crippen LogP contribution in [0.25, 0.3) is 10.9 Å². The van der Waals surface area contributed by atoms with Gasteiger partial charge in [0.25, 0.3) is 0 Å². The Morgan fingerprint density at radius 2 is 2.27 bits per heavy atom. The van der Waals surface area contributed by atoms with E-state index in [1.54, 1.807) is 0 Å². The number of nitrogens with zero attached hydrogens (tertiary/aromatic N) is 2. The molecule has 2 fully saturated rings. The van der Waals surface area contributed by atoms with Crippen LogP contribution in [0.1, 0.15) is 17.5 Å². The highest BCUT2D eigenvalue weighted by Crippen LogP contribution is 2.32. The number of aryl methyl sites for hydroxylation is 1. The standard InChI is InChI=1S/C17H19N3O2/c1-10-3-2-4-11-5-13(9-21)17(19-16(10)11)20-7-12-6-15(22)18-14(12)8-20/h2-5,12,14,21H,6-9H2,1H3,(H,18,22)/t12-,14+/m0/s1. The summed E-state index contributed by atoms with van der Waals surface area (Å²) in [6.07, 6.45) is 0.599. The van der Waals surface area contributed by atoms with Gasteiger partial charge in [0.2, 0.25) is 5.91 Å². The summed E-state index contributed by atoms with van der Waals surface area (Å²) in [6.45, 7) is 3.62. The number of para-hydroxylation sites is 1. The van der Waals surface area contributed by atoms with Crippen LogP contribution in [0.3, 0.4) is 0 Å². The van der Waals surface area contributed by atoms with Crippen molar-refractivity contribution in [2.45, 2.75) is 26.0 Å². The number of fused-ring (bicyclic) bond motifs is 2. The second-order valence-electron chi connectivity index (χ2n) is 6.32. The average Bonchev–Trinajstić information content (AvgIpc) is 3.03. The van der Waals surface area contributed by atoms with Crippen molar-refractivity contribution in [2.75, 3.05) is 18.0 Å². The second kappa shape index (κ2) is 4.95. The number of hydrogen-bond donors (Lipinski definition) is 2. The number of benzene rings is 1. The van der Waals surface area contributed by atoms with Gasteiger partial charge >= 0.3 is 0 Å². The molecule has 2 N–H and O–H groups in total. The fourth-order valence-corrected chi connectivity index (χ4v) is 3.69. The van der Waals surface area contributed by atoms with Crippen LogP contribution in [-0.2, 0) is 11.4 Å². The normalized spacial score (nSPS) is 23.9. The van der Waals surface area contributed by atoms with Gasteiger partial charge in [0.15, 0.2) is 0 Å². The van der Waals surface area contributed by atoms with Gasteiger partial charge in [-0.3, -0.25) is 4.79 Å². The molecule has 5 nitrogen and oxygen atoms in total. The molecule has 3 heterocycles. The number of pyridine rings is 1. The quantitative estimate of drug-likeness (QED) is 0.878. The molecule has 0 saturated carbocycles. The van der Waals surface area contributed by atoms with Gasteiger partial charge < -0.3 is 15.3 Å². The summed E-state index contributed by atoms with van der Waals surface area (Å²) in [4.78, 5) is 18.5. The maximum atomic E-state index is 11.5. The van der Waals surface area contributed by atoms with E-state index in [4.69, 9.17) is 4.98 Å². The van der Waals surface area contributed by atoms with Gasteiger partial charge in [-0.05, 0) is 18.6 Å². The van der Waals surface area contributed by atoms with Gasteiger partial charge in [-0.2, -0.15) is 0 Å². The van der Waals surface area contributed by atoms with E-state index >= 15 is 0 Å². The van der Waals surface area contributed by atoms with Gasteiger partial charge in [-0.15, -0.1) is 0 Å². The number of hydrogen-bond acceptors (Lipinski definition) is 4. The smallest absolute Gasteiger partial charge is 0.220 e. The summed E-state index contributed by atoms with van der Waals surface area (Å²) in [5, 5.41) is 13.8. The average molecular weight is 297 g/mol. The molecule has 2 aromatic rings. The lowest BCUT2D eigenvalue weighted by molar-refractivity contribution is -0.119. The Bertz CT molecular complexity index is 743. The molecule has 2 aliphatic rings.